The van der Waals surface area contributed by atoms with Crippen LogP contribution in [0.2, 0.25) is 0 Å². The molecule has 0 radical (unpaired) electrons. The van der Waals surface area contributed by atoms with Crippen molar-refractivity contribution in [3.8, 4) is 11.5 Å². The first-order chi connectivity index (χ1) is 8.81. The van der Waals surface area contributed by atoms with Gasteiger partial charge in [-0.15, -0.1) is 0 Å². The van der Waals surface area contributed by atoms with E-state index in [0.717, 1.165) is 27.2 Å². The molecular weight excluding hydrogens is 296 g/mol. The maximum absolute atomic E-state index is 5.33. The van der Waals surface area contributed by atoms with E-state index >= 15 is 0 Å². The van der Waals surface area contributed by atoms with E-state index in [1.54, 1.807) is 6.20 Å². The zero-order chi connectivity index (χ0) is 12.4. The van der Waals surface area contributed by atoms with Gasteiger partial charge >= 0.3 is 0 Å². The Morgan fingerprint density at radius 2 is 2.06 bits per heavy atom. The number of hydrogen-bond donors (Lipinski definition) is 1. The number of pyridine rings is 1. The molecule has 1 aromatic heterocycles. The van der Waals surface area contributed by atoms with Gasteiger partial charge in [-0.2, -0.15) is 0 Å². The van der Waals surface area contributed by atoms with Crippen molar-refractivity contribution in [2.75, 3.05) is 12.1 Å². The Kier molecular flexibility index (Phi) is 3.06. The predicted molar refractivity (Wildman–Crippen MR) is 71.8 cm³/mol. The van der Waals surface area contributed by atoms with E-state index in [2.05, 4.69) is 26.2 Å². The highest BCUT2D eigenvalue weighted by atomic mass is 79.9. The number of aromatic nitrogens is 1. The van der Waals surface area contributed by atoms with E-state index in [1.807, 2.05) is 30.5 Å². The van der Waals surface area contributed by atoms with Gasteiger partial charge in [0.15, 0.2) is 11.5 Å². The van der Waals surface area contributed by atoms with E-state index in [-0.39, 0.29) is 0 Å². The van der Waals surface area contributed by atoms with Gasteiger partial charge in [0.1, 0.15) is 0 Å². The minimum Gasteiger partial charge on any atom is -0.454 e. The summed E-state index contributed by atoms with van der Waals surface area (Å²) in [6.07, 6.45) is 3.61. The van der Waals surface area contributed by atoms with Crippen LogP contribution in [0.1, 0.15) is 5.56 Å². The SMILES string of the molecule is Brc1cncc(CNc2ccc3c(c2)OCO3)c1. The highest BCUT2D eigenvalue weighted by Gasteiger charge is 2.12. The minimum absolute atomic E-state index is 0.300. The van der Waals surface area contributed by atoms with E-state index in [4.69, 9.17) is 9.47 Å². The summed E-state index contributed by atoms with van der Waals surface area (Å²) < 4.78 is 11.6. The van der Waals surface area contributed by atoms with Crippen molar-refractivity contribution in [1.29, 1.82) is 0 Å². The molecule has 1 N–H and O–H groups in total. The molecule has 0 saturated carbocycles. The van der Waals surface area contributed by atoms with Crippen molar-refractivity contribution in [2.45, 2.75) is 6.54 Å². The molecule has 18 heavy (non-hydrogen) atoms. The Balaban J connectivity index is 1.70. The summed E-state index contributed by atoms with van der Waals surface area (Å²) in [4.78, 5) is 4.12. The molecule has 92 valence electrons. The summed E-state index contributed by atoms with van der Waals surface area (Å²) in [5, 5.41) is 3.32. The topological polar surface area (TPSA) is 43.4 Å². The smallest absolute Gasteiger partial charge is 0.231 e. The number of ether oxygens (including phenoxy) is 2. The van der Waals surface area contributed by atoms with E-state index in [9.17, 15) is 0 Å². The zero-order valence-electron chi connectivity index (χ0n) is 9.52. The maximum atomic E-state index is 5.33. The van der Waals surface area contributed by atoms with Crippen molar-refractivity contribution in [2.24, 2.45) is 0 Å². The first-order valence-corrected chi connectivity index (χ1v) is 6.33. The molecule has 5 heteroatoms. The molecule has 0 saturated heterocycles. The second kappa shape index (κ2) is 4.86. The van der Waals surface area contributed by atoms with Gasteiger partial charge in [0.2, 0.25) is 6.79 Å². The molecule has 1 aliphatic rings. The van der Waals surface area contributed by atoms with Gasteiger partial charge in [-0.3, -0.25) is 4.98 Å². The molecule has 0 amide bonds. The van der Waals surface area contributed by atoms with Crippen molar-refractivity contribution in [1.82, 2.24) is 4.98 Å². The van der Waals surface area contributed by atoms with Crippen molar-refractivity contribution in [3.63, 3.8) is 0 Å². The molecule has 3 rings (SSSR count). The molecule has 2 heterocycles. The van der Waals surface area contributed by atoms with E-state index in [1.165, 1.54) is 0 Å². The summed E-state index contributed by atoms with van der Waals surface area (Å²) in [5.74, 6) is 1.58. The number of halogens is 1. The largest absolute Gasteiger partial charge is 0.454 e. The number of nitrogens with one attached hydrogen (secondary N) is 1. The lowest BCUT2D eigenvalue weighted by atomic mass is 10.2. The first-order valence-electron chi connectivity index (χ1n) is 5.54. The molecule has 0 bridgehead atoms. The van der Waals surface area contributed by atoms with Crippen LogP contribution in [0.4, 0.5) is 5.69 Å². The Bertz CT molecular complexity index is 575. The lowest BCUT2D eigenvalue weighted by Crippen LogP contribution is -1.99. The molecule has 0 unspecified atom stereocenters. The third kappa shape index (κ3) is 2.41. The minimum atomic E-state index is 0.300. The quantitative estimate of drug-likeness (QED) is 0.946. The number of fused-ring (bicyclic) bond motifs is 1. The summed E-state index contributed by atoms with van der Waals surface area (Å²) >= 11 is 3.40. The van der Waals surface area contributed by atoms with Crippen molar-refractivity contribution in [3.05, 3.63) is 46.7 Å². The van der Waals surface area contributed by atoms with Crippen LogP contribution in [0.3, 0.4) is 0 Å². The van der Waals surface area contributed by atoms with Gasteiger partial charge in [-0.25, -0.2) is 0 Å². The number of rotatable bonds is 3. The summed E-state index contributed by atoms with van der Waals surface area (Å²) in [5.41, 5.74) is 2.11. The summed E-state index contributed by atoms with van der Waals surface area (Å²) in [6.45, 7) is 1.01. The Morgan fingerprint density at radius 3 is 2.94 bits per heavy atom. The molecular formula is C13H11BrN2O2. The average molecular weight is 307 g/mol. The van der Waals surface area contributed by atoms with Crippen molar-refractivity contribution >= 4 is 21.6 Å². The standard InChI is InChI=1S/C13H11BrN2O2/c14-10-3-9(5-15-7-10)6-16-11-1-2-12-13(4-11)18-8-17-12/h1-5,7,16H,6,8H2. The first kappa shape index (κ1) is 11.3. The summed E-state index contributed by atoms with van der Waals surface area (Å²) in [7, 11) is 0. The van der Waals surface area contributed by atoms with Crippen LogP contribution in [-0.4, -0.2) is 11.8 Å². The molecule has 0 atom stereocenters. The third-order valence-electron chi connectivity index (χ3n) is 2.63. The second-order valence-electron chi connectivity index (χ2n) is 3.93. The molecule has 1 aromatic carbocycles. The van der Waals surface area contributed by atoms with Crippen LogP contribution in [-0.2, 0) is 6.54 Å². The monoisotopic (exact) mass is 306 g/mol. The van der Waals surface area contributed by atoms with Crippen LogP contribution in [0.15, 0.2) is 41.1 Å². The van der Waals surface area contributed by atoms with Crippen LogP contribution < -0.4 is 14.8 Å². The van der Waals surface area contributed by atoms with Crippen LogP contribution in [0.25, 0.3) is 0 Å². The fraction of sp³-hybridized carbons (Fsp3) is 0.154. The molecule has 0 spiro atoms. The van der Waals surface area contributed by atoms with E-state index < -0.39 is 0 Å². The zero-order valence-corrected chi connectivity index (χ0v) is 11.1. The number of nitrogens with zero attached hydrogens (tertiary/aromatic N) is 1. The second-order valence-corrected chi connectivity index (χ2v) is 4.85. The molecule has 0 fully saturated rings. The molecule has 2 aromatic rings. The average Bonchev–Trinajstić information content (AvgIpc) is 2.84. The molecule has 1 aliphatic heterocycles. The Labute approximate surface area is 113 Å². The fourth-order valence-corrected chi connectivity index (χ4v) is 2.18. The maximum Gasteiger partial charge on any atom is 0.231 e. The van der Waals surface area contributed by atoms with Gasteiger partial charge < -0.3 is 14.8 Å². The van der Waals surface area contributed by atoms with Gasteiger partial charge in [-0.05, 0) is 39.7 Å². The van der Waals surface area contributed by atoms with Gasteiger partial charge in [0, 0.05) is 35.2 Å². The highest BCUT2D eigenvalue weighted by molar-refractivity contribution is 9.10. The highest BCUT2D eigenvalue weighted by Crippen LogP contribution is 2.34. The Morgan fingerprint density at radius 1 is 1.17 bits per heavy atom. The molecule has 4 nitrogen and oxygen atoms in total. The van der Waals surface area contributed by atoms with Gasteiger partial charge in [0.05, 0.1) is 0 Å². The normalized spacial score (nSPS) is 12.5. The number of anilines is 1. The Hall–Kier alpha value is -1.75. The van der Waals surface area contributed by atoms with Crippen molar-refractivity contribution < 1.29 is 9.47 Å². The summed E-state index contributed by atoms with van der Waals surface area (Å²) in [6, 6.07) is 7.85. The number of hydrogen-bond acceptors (Lipinski definition) is 4. The lowest BCUT2D eigenvalue weighted by Gasteiger charge is -2.07. The number of benzene rings is 1. The van der Waals surface area contributed by atoms with Gasteiger partial charge in [-0.1, -0.05) is 0 Å². The van der Waals surface area contributed by atoms with Crippen LogP contribution in [0, 0.1) is 0 Å². The fourth-order valence-electron chi connectivity index (χ4n) is 1.76. The third-order valence-corrected chi connectivity index (χ3v) is 3.06. The lowest BCUT2D eigenvalue weighted by molar-refractivity contribution is 0.174. The van der Waals surface area contributed by atoms with Crippen LogP contribution >= 0.6 is 15.9 Å². The molecule has 0 aliphatic carbocycles. The predicted octanol–water partition coefficient (Wildman–Crippen LogP) is 3.18. The van der Waals surface area contributed by atoms with Gasteiger partial charge in [0.25, 0.3) is 0 Å². The van der Waals surface area contributed by atoms with Crippen LogP contribution in [0.5, 0.6) is 11.5 Å². The van der Waals surface area contributed by atoms with E-state index in [0.29, 0.717) is 13.3 Å².